The molecule has 0 aliphatic rings. The lowest BCUT2D eigenvalue weighted by Gasteiger charge is -2.08. The van der Waals surface area contributed by atoms with Gasteiger partial charge in [-0.15, -0.1) is 0 Å². The molecule has 0 spiro atoms. The third-order valence-electron chi connectivity index (χ3n) is 4.11. The number of amides is 1. The van der Waals surface area contributed by atoms with Gasteiger partial charge < -0.3 is 5.32 Å². The van der Waals surface area contributed by atoms with Crippen molar-refractivity contribution in [1.29, 1.82) is 0 Å². The summed E-state index contributed by atoms with van der Waals surface area (Å²) in [4.78, 5) is 12.1. The van der Waals surface area contributed by atoms with E-state index < -0.39 is 10.0 Å². The Hall–Kier alpha value is -2.18. The predicted molar refractivity (Wildman–Crippen MR) is 98.8 cm³/mol. The van der Waals surface area contributed by atoms with Crippen LogP contribution < -0.4 is 10.5 Å². The number of sulfonamides is 1. The minimum atomic E-state index is -3.66. The van der Waals surface area contributed by atoms with Crippen molar-refractivity contribution in [3.63, 3.8) is 0 Å². The molecule has 134 valence electrons. The first-order chi connectivity index (χ1) is 11.8. The molecule has 0 bridgehead atoms. The fourth-order valence-electron chi connectivity index (χ4n) is 2.65. The SMILES string of the molecule is Cc1ccc(CCC(=O)NCCc2ccc(S(N)(=O)=O)cc2)c(C)c1. The van der Waals surface area contributed by atoms with E-state index in [-0.39, 0.29) is 10.8 Å². The summed E-state index contributed by atoms with van der Waals surface area (Å²) >= 11 is 0. The molecule has 0 heterocycles. The van der Waals surface area contributed by atoms with E-state index in [1.165, 1.54) is 28.8 Å². The van der Waals surface area contributed by atoms with Crippen molar-refractivity contribution in [2.45, 2.75) is 38.0 Å². The Kier molecular flexibility index (Phi) is 6.33. The van der Waals surface area contributed by atoms with Crippen molar-refractivity contribution in [2.75, 3.05) is 6.54 Å². The van der Waals surface area contributed by atoms with Gasteiger partial charge in [-0.05, 0) is 55.5 Å². The van der Waals surface area contributed by atoms with E-state index in [2.05, 4.69) is 37.4 Å². The molecular weight excluding hydrogens is 336 g/mol. The zero-order valence-electron chi connectivity index (χ0n) is 14.6. The molecule has 2 aromatic rings. The van der Waals surface area contributed by atoms with E-state index in [1.54, 1.807) is 12.1 Å². The van der Waals surface area contributed by atoms with E-state index in [9.17, 15) is 13.2 Å². The minimum Gasteiger partial charge on any atom is -0.356 e. The molecule has 2 rings (SSSR count). The number of benzene rings is 2. The highest BCUT2D eigenvalue weighted by atomic mass is 32.2. The van der Waals surface area contributed by atoms with Gasteiger partial charge in [0.05, 0.1) is 4.90 Å². The quantitative estimate of drug-likeness (QED) is 0.793. The highest BCUT2D eigenvalue weighted by Gasteiger charge is 2.07. The number of primary sulfonamides is 1. The van der Waals surface area contributed by atoms with Gasteiger partial charge in [0.1, 0.15) is 0 Å². The zero-order valence-corrected chi connectivity index (χ0v) is 15.4. The van der Waals surface area contributed by atoms with Crippen LogP contribution in [0, 0.1) is 13.8 Å². The second-order valence-electron chi connectivity index (χ2n) is 6.22. The Bertz CT molecular complexity index is 843. The van der Waals surface area contributed by atoms with Crippen molar-refractivity contribution in [2.24, 2.45) is 5.14 Å². The van der Waals surface area contributed by atoms with E-state index in [1.807, 2.05) is 0 Å². The average molecular weight is 360 g/mol. The van der Waals surface area contributed by atoms with Crippen LogP contribution in [-0.4, -0.2) is 20.9 Å². The number of carbonyl (C=O) groups excluding carboxylic acids is 1. The normalized spacial score (nSPS) is 11.3. The van der Waals surface area contributed by atoms with Crippen molar-refractivity contribution < 1.29 is 13.2 Å². The molecular formula is C19H24N2O3S. The number of aryl methyl sites for hydroxylation is 3. The first kappa shape index (κ1) is 19.1. The number of nitrogens with one attached hydrogen (secondary N) is 1. The number of rotatable bonds is 7. The highest BCUT2D eigenvalue weighted by molar-refractivity contribution is 7.89. The molecule has 0 saturated heterocycles. The van der Waals surface area contributed by atoms with Gasteiger partial charge in [0.2, 0.25) is 15.9 Å². The van der Waals surface area contributed by atoms with Gasteiger partial charge in [-0.2, -0.15) is 0 Å². The average Bonchev–Trinajstić information content (AvgIpc) is 2.53. The summed E-state index contributed by atoms with van der Waals surface area (Å²) < 4.78 is 22.4. The molecule has 5 nitrogen and oxygen atoms in total. The van der Waals surface area contributed by atoms with E-state index in [0.717, 1.165) is 12.0 Å². The molecule has 6 heteroatoms. The van der Waals surface area contributed by atoms with Gasteiger partial charge in [0, 0.05) is 13.0 Å². The Labute approximate surface area is 149 Å². The summed E-state index contributed by atoms with van der Waals surface area (Å²) in [6, 6.07) is 12.6. The van der Waals surface area contributed by atoms with E-state index in [0.29, 0.717) is 19.4 Å². The Morgan fingerprint density at radius 2 is 1.72 bits per heavy atom. The fraction of sp³-hybridized carbons (Fsp3) is 0.316. The zero-order chi connectivity index (χ0) is 18.4. The third kappa shape index (κ3) is 5.99. The molecule has 2 aromatic carbocycles. The Morgan fingerprint density at radius 1 is 1.04 bits per heavy atom. The summed E-state index contributed by atoms with van der Waals surface area (Å²) in [6.45, 7) is 4.63. The third-order valence-corrected chi connectivity index (χ3v) is 5.04. The first-order valence-electron chi connectivity index (χ1n) is 8.20. The maximum atomic E-state index is 12.0. The highest BCUT2D eigenvalue weighted by Crippen LogP contribution is 2.12. The van der Waals surface area contributed by atoms with Crippen LogP contribution in [0.5, 0.6) is 0 Å². The Balaban J connectivity index is 1.77. The lowest BCUT2D eigenvalue weighted by Crippen LogP contribution is -2.26. The van der Waals surface area contributed by atoms with Gasteiger partial charge in [-0.1, -0.05) is 35.9 Å². The van der Waals surface area contributed by atoms with Gasteiger partial charge in [0.15, 0.2) is 0 Å². The van der Waals surface area contributed by atoms with Crippen molar-refractivity contribution in [3.8, 4) is 0 Å². The molecule has 0 aliphatic heterocycles. The number of hydrogen-bond acceptors (Lipinski definition) is 3. The summed E-state index contributed by atoms with van der Waals surface area (Å²) in [5.41, 5.74) is 4.57. The van der Waals surface area contributed by atoms with Crippen LogP contribution in [-0.2, 0) is 27.7 Å². The lowest BCUT2D eigenvalue weighted by atomic mass is 10.0. The van der Waals surface area contributed by atoms with Crippen LogP contribution in [0.3, 0.4) is 0 Å². The van der Waals surface area contributed by atoms with Crippen molar-refractivity contribution in [3.05, 3.63) is 64.7 Å². The fourth-order valence-corrected chi connectivity index (χ4v) is 3.17. The smallest absolute Gasteiger partial charge is 0.238 e. The number of carbonyl (C=O) groups is 1. The lowest BCUT2D eigenvalue weighted by molar-refractivity contribution is -0.121. The molecule has 0 radical (unpaired) electrons. The van der Waals surface area contributed by atoms with E-state index >= 15 is 0 Å². The summed E-state index contributed by atoms with van der Waals surface area (Å²) in [7, 11) is -3.66. The van der Waals surface area contributed by atoms with Gasteiger partial charge >= 0.3 is 0 Å². The van der Waals surface area contributed by atoms with Crippen LogP contribution in [0.15, 0.2) is 47.4 Å². The molecule has 0 saturated carbocycles. The van der Waals surface area contributed by atoms with Crippen LogP contribution in [0.4, 0.5) is 0 Å². The standard InChI is InChI=1S/C19H24N2O3S/c1-14-3-6-17(15(2)13-14)7-10-19(22)21-12-11-16-4-8-18(9-5-16)25(20,23)24/h3-6,8-9,13H,7,10-12H2,1-2H3,(H,21,22)(H2,20,23,24). The second kappa shape index (κ2) is 8.27. The molecule has 0 aromatic heterocycles. The molecule has 3 N–H and O–H groups in total. The second-order valence-corrected chi connectivity index (χ2v) is 7.78. The van der Waals surface area contributed by atoms with Crippen LogP contribution in [0.1, 0.15) is 28.7 Å². The van der Waals surface area contributed by atoms with Gasteiger partial charge in [-0.25, -0.2) is 13.6 Å². The largest absolute Gasteiger partial charge is 0.356 e. The Morgan fingerprint density at radius 3 is 2.32 bits per heavy atom. The number of nitrogens with two attached hydrogens (primary N) is 1. The first-order valence-corrected chi connectivity index (χ1v) is 9.75. The van der Waals surface area contributed by atoms with Gasteiger partial charge in [-0.3, -0.25) is 4.79 Å². The molecule has 0 fully saturated rings. The molecule has 1 amide bonds. The molecule has 0 unspecified atom stereocenters. The van der Waals surface area contributed by atoms with Gasteiger partial charge in [0.25, 0.3) is 0 Å². The molecule has 0 aliphatic carbocycles. The maximum Gasteiger partial charge on any atom is 0.238 e. The monoisotopic (exact) mass is 360 g/mol. The number of hydrogen-bond donors (Lipinski definition) is 2. The van der Waals surface area contributed by atoms with Crippen molar-refractivity contribution in [1.82, 2.24) is 5.32 Å². The topological polar surface area (TPSA) is 89.3 Å². The van der Waals surface area contributed by atoms with Crippen LogP contribution in [0.25, 0.3) is 0 Å². The minimum absolute atomic E-state index is 0.0149. The summed E-state index contributed by atoms with van der Waals surface area (Å²) in [5, 5.41) is 7.96. The molecule has 25 heavy (non-hydrogen) atoms. The predicted octanol–water partition coefficient (Wildman–Crippen LogP) is 2.24. The summed E-state index contributed by atoms with van der Waals surface area (Å²) in [6.07, 6.45) is 1.81. The maximum absolute atomic E-state index is 12.0. The van der Waals surface area contributed by atoms with Crippen LogP contribution >= 0.6 is 0 Å². The van der Waals surface area contributed by atoms with Crippen LogP contribution in [0.2, 0.25) is 0 Å². The summed E-state index contributed by atoms with van der Waals surface area (Å²) in [5.74, 6) is 0.0149. The molecule has 0 atom stereocenters. The van der Waals surface area contributed by atoms with Crippen molar-refractivity contribution >= 4 is 15.9 Å². The van der Waals surface area contributed by atoms with E-state index in [4.69, 9.17) is 5.14 Å².